The van der Waals surface area contributed by atoms with Gasteiger partial charge >= 0.3 is 0 Å². The molecule has 3 nitrogen and oxygen atoms in total. The minimum Gasteiger partial charge on any atom is -0.505 e. The fraction of sp³-hybridized carbons (Fsp3) is 0.250. The number of alkyl halides is 1. The molecule has 1 rings (SSSR count). The van der Waals surface area contributed by atoms with Gasteiger partial charge in [-0.25, -0.2) is 4.39 Å². The van der Waals surface area contributed by atoms with Gasteiger partial charge in [0.25, 0.3) is 0 Å². The van der Waals surface area contributed by atoms with E-state index >= 15 is 0 Å². The zero-order valence-electron chi connectivity index (χ0n) is 7.21. The summed E-state index contributed by atoms with van der Waals surface area (Å²) in [5.41, 5.74) is 11.4. The molecule has 0 bridgehead atoms. The second-order valence-electron chi connectivity index (χ2n) is 2.66. The summed E-state index contributed by atoms with van der Waals surface area (Å²) >= 11 is 3.16. The third-order valence-electron chi connectivity index (χ3n) is 1.73. The highest BCUT2D eigenvalue weighted by atomic mass is 79.9. The molecule has 0 saturated heterocycles. The van der Waals surface area contributed by atoms with Crippen LogP contribution in [-0.4, -0.2) is 11.8 Å². The number of halogens is 3. The first-order valence-electron chi connectivity index (χ1n) is 3.66. The second kappa shape index (κ2) is 5.38. The first-order valence-corrected chi connectivity index (χ1v) is 4.45. The van der Waals surface area contributed by atoms with E-state index in [4.69, 9.17) is 11.5 Å². The van der Waals surface area contributed by atoms with Gasteiger partial charge in [-0.15, -0.1) is 12.4 Å². The number of phenolic OH excluding ortho intramolecular Hbond substituents is 1. The summed E-state index contributed by atoms with van der Waals surface area (Å²) < 4.78 is 12.8. The summed E-state index contributed by atoms with van der Waals surface area (Å²) in [4.78, 5) is 0. The number of nitrogen functional groups attached to an aromatic ring is 1. The highest BCUT2D eigenvalue weighted by molar-refractivity contribution is 9.10. The molecule has 0 aliphatic rings. The summed E-state index contributed by atoms with van der Waals surface area (Å²) in [5, 5.41) is 9.48. The lowest BCUT2D eigenvalue weighted by Crippen LogP contribution is -2.13. The molecule has 0 fully saturated rings. The Bertz CT molecular complexity index is 324. The standard InChI is InChI=1S/C8H10BrFN2O.ClH/c9-4-1-2-5(11)8(13)7(4)6(12)3-10;/h1-2,6,13H,3,11-12H2;1H/t6-;/m0./s1. The lowest BCUT2D eigenvalue weighted by molar-refractivity contribution is 0.414. The van der Waals surface area contributed by atoms with Crippen LogP contribution in [0.15, 0.2) is 16.6 Å². The number of nitrogens with two attached hydrogens (primary N) is 2. The Balaban J connectivity index is 0.00000169. The van der Waals surface area contributed by atoms with E-state index in [9.17, 15) is 9.50 Å². The largest absolute Gasteiger partial charge is 0.505 e. The number of phenols is 1. The Hall–Kier alpha value is -0.520. The van der Waals surface area contributed by atoms with Crippen molar-refractivity contribution in [3.63, 3.8) is 0 Å². The van der Waals surface area contributed by atoms with Crippen molar-refractivity contribution in [3.05, 3.63) is 22.2 Å². The Morgan fingerprint density at radius 1 is 1.50 bits per heavy atom. The number of hydrogen-bond acceptors (Lipinski definition) is 3. The molecular weight excluding hydrogens is 274 g/mol. The van der Waals surface area contributed by atoms with Crippen LogP contribution in [0.1, 0.15) is 11.6 Å². The van der Waals surface area contributed by atoms with Gasteiger partial charge < -0.3 is 16.6 Å². The van der Waals surface area contributed by atoms with Crippen LogP contribution in [0.25, 0.3) is 0 Å². The number of aromatic hydroxyl groups is 1. The quantitative estimate of drug-likeness (QED) is 0.576. The van der Waals surface area contributed by atoms with Crippen LogP contribution < -0.4 is 11.5 Å². The predicted molar refractivity (Wildman–Crippen MR) is 60.4 cm³/mol. The average Bonchev–Trinajstić information content (AvgIpc) is 2.12. The molecular formula is C8H11BrClFN2O. The molecule has 0 saturated carbocycles. The van der Waals surface area contributed by atoms with E-state index in [1.165, 1.54) is 6.07 Å². The summed E-state index contributed by atoms with van der Waals surface area (Å²) in [6, 6.07) is 2.30. The van der Waals surface area contributed by atoms with Crippen molar-refractivity contribution in [1.82, 2.24) is 0 Å². The van der Waals surface area contributed by atoms with Crippen LogP contribution in [0.2, 0.25) is 0 Å². The lowest BCUT2D eigenvalue weighted by Gasteiger charge is -2.13. The summed E-state index contributed by atoms with van der Waals surface area (Å²) in [5.74, 6) is -0.153. The first kappa shape index (κ1) is 13.5. The topological polar surface area (TPSA) is 72.3 Å². The van der Waals surface area contributed by atoms with Gasteiger partial charge in [0, 0.05) is 10.0 Å². The highest BCUT2D eigenvalue weighted by Gasteiger charge is 2.16. The van der Waals surface area contributed by atoms with Gasteiger partial charge in [-0.05, 0) is 12.1 Å². The fourth-order valence-electron chi connectivity index (χ4n) is 1.03. The smallest absolute Gasteiger partial charge is 0.144 e. The van der Waals surface area contributed by atoms with E-state index in [0.29, 0.717) is 10.0 Å². The average molecular weight is 286 g/mol. The van der Waals surface area contributed by atoms with Crippen LogP contribution in [0.3, 0.4) is 0 Å². The van der Waals surface area contributed by atoms with Crippen LogP contribution >= 0.6 is 28.3 Å². The zero-order valence-corrected chi connectivity index (χ0v) is 9.61. The van der Waals surface area contributed by atoms with E-state index in [1.807, 2.05) is 0 Å². The van der Waals surface area contributed by atoms with Crippen LogP contribution in [-0.2, 0) is 0 Å². The minimum absolute atomic E-state index is 0. The van der Waals surface area contributed by atoms with Crippen LogP contribution in [0, 0.1) is 0 Å². The normalized spacial score (nSPS) is 11.9. The fourth-order valence-corrected chi connectivity index (χ4v) is 1.64. The summed E-state index contributed by atoms with van der Waals surface area (Å²) in [7, 11) is 0. The molecule has 0 heterocycles. The number of anilines is 1. The van der Waals surface area contributed by atoms with Gasteiger partial charge in [0.2, 0.25) is 0 Å². The molecule has 5 N–H and O–H groups in total. The van der Waals surface area contributed by atoms with Crippen molar-refractivity contribution >= 4 is 34.0 Å². The Morgan fingerprint density at radius 2 is 2.07 bits per heavy atom. The monoisotopic (exact) mass is 284 g/mol. The maximum atomic E-state index is 12.3. The van der Waals surface area contributed by atoms with Gasteiger partial charge in [0.15, 0.2) is 0 Å². The van der Waals surface area contributed by atoms with E-state index in [2.05, 4.69) is 15.9 Å². The molecule has 1 atom stereocenters. The van der Waals surface area contributed by atoms with Crippen molar-refractivity contribution < 1.29 is 9.50 Å². The Labute approximate surface area is 95.8 Å². The molecule has 80 valence electrons. The van der Waals surface area contributed by atoms with Crippen molar-refractivity contribution in [1.29, 1.82) is 0 Å². The van der Waals surface area contributed by atoms with Crippen molar-refractivity contribution in [2.75, 3.05) is 12.4 Å². The molecule has 0 unspecified atom stereocenters. The molecule has 0 aliphatic heterocycles. The van der Waals surface area contributed by atoms with Crippen LogP contribution in [0.5, 0.6) is 5.75 Å². The Morgan fingerprint density at radius 3 is 2.57 bits per heavy atom. The molecule has 1 aromatic carbocycles. The minimum atomic E-state index is -0.849. The van der Waals surface area contributed by atoms with Gasteiger partial charge in [0.1, 0.15) is 12.4 Å². The molecule has 0 aromatic heterocycles. The third kappa shape index (κ3) is 2.50. The molecule has 14 heavy (non-hydrogen) atoms. The van der Waals surface area contributed by atoms with E-state index in [0.717, 1.165) is 0 Å². The molecule has 0 aliphatic carbocycles. The Kier molecular flexibility index (Phi) is 5.18. The van der Waals surface area contributed by atoms with Crippen LogP contribution in [0.4, 0.5) is 10.1 Å². The van der Waals surface area contributed by atoms with Crippen molar-refractivity contribution in [2.45, 2.75) is 6.04 Å². The second-order valence-corrected chi connectivity index (χ2v) is 3.51. The third-order valence-corrected chi connectivity index (χ3v) is 2.42. The number of benzene rings is 1. The molecule has 0 spiro atoms. The molecule has 1 aromatic rings. The van der Waals surface area contributed by atoms with Gasteiger partial charge in [-0.1, -0.05) is 15.9 Å². The SMILES string of the molecule is Cl.Nc1ccc(Br)c([C@@H](N)CF)c1O. The molecule has 0 radical (unpaired) electrons. The molecule has 6 heteroatoms. The first-order chi connectivity index (χ1) is 6.07. The van der Waals surface area contributed by atoms with Gasteiger partial charge in [-0.3, -0.25) is 0 Å². The van der Waals surface area contributed by atoms with E-state index < -0.39 is 12.7 Å². The number of rotatable bonds is 2. The number of hydrogen-bond donors (Lipinski definition) is 3. The van der Waals surface area contributed by atoms with E-state index in [1.54, 1.807) is 6.07 Å². The summed E-state index contributed by atoms with van der Waals surface area (Å²) in [6.07, 6.45) is 0. The predicted octanol–water partition coefficient (Wildman–Crippen LogP) is 2.13. The highest BCUT2D eigenvalue weighted by Crippen LogP contribution is 2.35. The van der Waals surface area contributed by atoms with Gasteiger partial charge in [-0.2, -0.15) is 0 Å². The lowest BCUT2D eigenvalue weighted by atomic mass is 10.1. The van der Waals surface area contributed by atoms with Gasteiger partial charge in [0.05, 0.1) is 11.7 Å². The van der Waals surface area contributed by atoms with Crippen molar-refractivity contribution in [2.24, 2.45) is 5.73 Å². The zero-order chi connectivity index (χ0) is 10.0. The molecule has 0 amide bonds. The maximum Gasteiger partial charge on any atom is 0.144 e. The van der Waals surface area contributed by atoms with E-state index in [-0.39, 0.29) is 23.8 Å². The van der Waals surface area contributed by atoms with Crippen molar-refractivity contribution in [3.8, 4) is 5.75 Å². The maximum absolute atomic E-state index is 12.3. The summed E-state index contributed by atoms with van der Waals surface area (Å²) in [6.45, 7) is -0.740.